The van der Waals surface area contributed by atoms with Gasteiger partial charge in [-0.15, -0.1) is 0 Å². The molecule has 2 heterocycles. The summed E-state index contributed by atoms with van der Waals surface area (Å²) < 4.78 is 0. The molecule has 0 aromatic carbocycles. The van der Waals surface area contributed by atoms with Crippen molar-refractivity contribution in [2.75, 3.05) is 26.2 Å². The molecule has 2 N–H and O–H groups in total. The van der Waals surface area contributed by atoms with Crippen molar-refractivity contribution in [2.24, 2.45) is 0 Å². The number of carboxylic acid groups (broad SMARTS) is 1. The molecule has 0 aromatic rings. The van der Waals surface area contributed by atoms with Gasteiger partial charge in [-0.25, -0.2) is 4.79 Å². The average Bonchev–Trinajstić information content (AvgIpc) is 2.84. The van der Waals surface area contributed by atoms with E-state index in [-0.39, 0.29) is 18.5 Å². The van der Waals surface area contributed by atoms with Crippen LogP contribution in [0.25, 0.3) is 0 Å². The summed E-state index contributed by atoms with van der Waals surface area (Å²) in [5, 5.41) is 11.6. The van der Waals surface area contributed by atoms with Crippen LogP contribution in [0.5, 0.6) is 0 Å². The van der Waals surface area contributed by atoms with Crippen LogP contribution in [0.2, 0.25) is 0 Å². The fourth-order valence-corrected chi connectivity index (χ4v) is 2.95. The fraction of sp³-hybridized carbons (Fsp3) is 0.846. The lowest BCUT2D eigenvalue weighted by Crippen LogP contribution is -2.55. The van der Waals surface area contributed by atoms with Gasteiger partial charge in [0.25, 0.3) is 0 Å². The third-order valence-electron chi connectivity index (χ3n) is 4.12. The molecule has 0 bridgehead atoms. The molecule has 2 aliphatic heterocycles. The highest BCUT2D eigenvalue weighted by atomic mass is 16.4. The van der Waals surface area contributed by atoms with Crippen molar-refractivity contribution in [1.82, 2.24) is 15.1 Å². The van der Waals surface area contributed by atoms with E-state index in [4.69, 9.17) is 5.11 Å². The Morgan fingerprint density at radius 1 is 1.37 bits per heavy atom. The number of hydrogen-bond donors (Lipinski definition) is 2. The van der Waals surface area contributed by atoms with Crippen molar-refractivity contribution >= 4 is 12.0 Å². The van der Waals surface area contributed by atoms with E-state index in [1.165, 1.54) is 6.42 Å². The Morgan fingerprint density at radius 3 is 2.84 bits per heavy atom. The lowest BCUT2D eigenvalue weighted by atomic mass is 10.1. The average molecular weight is 269 g/mol. The maximum Gasteiger partial charge on any atom is 0.317 e. The molecule has 0 aliphatic carbocycles. The molecule has 2 saturated heterocycles. The molecule has 0 saturated carbocycles. The lowest BCUT2D eigenvalue weighted by molar-refractivity contribution is -0.137. The molecular weight excluding hydrogens is 246 g/mol. The van der Waals surface area contributed by atoms with Gasteiger partial charge in [0, 0.05) is 31.7 Å². The number of nitrogens with one attached hydrogen (secondary N) is 1. The quantitative estimate of drug-likeness (QED) is 0.789. The normalized spacial score (nSPS) is 24.9. The molecular formula is C13H23N3O3. The Kier molecular flexibility index (Phi) is 4.63. The third-order valence-corrected chi connectivity index (χ3v) is 4.12. The van der Waals surface area contributed by atoms with Crippen LogP contribution in [0, 0.1) is 0 Å². The lowest BCUT2D eigenvalue weighted by Gasteiger charge is -2.38. The Bertz CT molecular complexity index is 348. The number of carbonyl (C=O) groups excluding carboxylic acids is 1. The van der Waals surface area contributed by atoms with Gasteiger partial charge in [0.15, 0.2) is 0 Å². The van der Waals surface area contributed by atoms with Crippen molar-refractivity contribution in [2.45, 2.75) is 44.7 Å². The minimum absolute atomic E-state index is 0.00830. The number of nitrogens with zero attached hydrogens (tertiary/aromatic N) is 2. The van der Waals surface area contributed by atoms with Gasteiger partial charge < -0.3 is 15.3 Å². The highest BCUT2D eigenvalue weighted by Crippen LogP contribution is 2.21. The Labute approximate surface area is 113 Å². The van der Waals surface area contributed by atoms with Crippen LogP contribution in [0.3, 0.4) is 0 Å². The van der Waals surface area contributed by atoms with Gasteiger partial charge in [-0.1, -0.05) is 6.92 Å². The van der Waals surface area contributed by atoms with Crippen LogP contribution < -0.4 is 5.32 Å². The van der Waals surface area contributed by atoms with E-state index in [1.54, 1.807) is 0 Å². The predicted octanol–water partition coefficient (Wildman–Crippen LogP) is 0.729. The highest BCUT2D eigenvalue weighted by Gasteiger charge is 2.32. The standard InChI is InChI=1S/C13H23N3O3/c1-2-10(8-12(17)18)14-13(19)16-7-6-15-5-3-4-11(15)9-16/h10-11H,2-9H2,1H3,(H,14,19)(H,17,18). The van der Waals surface area contributed by atoms with Crippen molar-refractivity contribution in [3.8, 4) is 0 Å². The van der Waals surface area contributed by atoms with E-state index < -0.39 is 5.97 Å². The molecule has 2 atom stereocenters. The second kappa shape index (κ2) is 6.23. The first-order valence-corrected chi connectivity index (χ1v) is 7.11. The summed E-state index contributed by atoms with van der Waals surface area (Å²) in [6, 6.07) is 0.116. The number of carboxylic acids is 1. The number of amides is 2. The zero-order valence-corrected chi connectivity index (χ0v) is 11.5. The zero-order chi connectivity index (χ0) is 13.8. The molecule has 6 heteroatoms. The van der Waals surface area contributed by atoms with E-state index in [1.807, 2.05) is 11.8 Å². The SMILES string of the molecule is CCC(CC(=O)O)NC(=O)N1CCN2CCCC2C1. The number of fused-ring (bicyclic) bond motifs is 1. The van der Waals surface area contributed by atoms with Gasteiger partial charge in [-0.3, -0.25) is 9.69 Å². The van der Waals surface area contributed by atoms with Crippen molar-refractivity contribution in [3.63, 3.8) is 0 Å². The minimum atomic E-state index is -0.868. The highest BCUT2D eigenvalue weighted by molar-refractivity contribution is 5.76. The van der Waals surface area contributed by atoms with Crippen molar-refractivity contribution in [1.29, 1.82) is 0 Å². The minimum Gasteiger partial charge on any atom is -0.481 e. The first-order chi connectivity index (χ1) is 9.10. The van der Waals surface area contributed by atoms with Gasteiger partial charge in [0.05, 0.1) is 6.42 Å². The molecule has 108 valence electrons. The van der Waals surface area contributed by atoms with Gasteiger partial charge >= 0.3 is 12.0 Å². The molecule has 2 unspecified atom stereocenters. The second-order valence-electron chi connectivity index (χ2n) is 5.43. The summed E-state index contributed by atoms with van der Waals surface area (Å²) in [7, 11) is 0. The number of carbonyl (C=O) groups is 2. The Hall–Kier alpha value is -1.30. The number of aliphatic carboxylic acids is 1. The summed E-state index contributed by atoms with van der Waals surface area (Å²) >= 11 is 0. The van der Waals surface area contributed by atoms with Crippen LogP contribution >= 0.6 is 0 Å². The fourth-order valence-electron chi connectivity index (χ4n) is 2.95. The van der Waals surface area contributed by atoms with E-state index in [0.29, 0.717) is 12.5 Å². The molecule has 2 rings (SSSR count). The van der Waals surface area contributed by atoms with Crippen LogP contribution in [-0.4, -0.2) is 65.2 Å². The maximum absolute atomic E-state index is 12.1. The topological polar surface area (TPSA) is 72.9 Å². The zero-order valence-electron chi connectivity index (χ0n) is 11.5. The molecule has 0 spiro atoms. The Balaban J connectivity index is 1.83. The molecule has 6 nitrogen and oxygen atoms in total. The monoisotopic (exact) mass is 269 g/mol. The van der Waals surface area contributed by atoms with Crippen LogP contribution in [0.1, 0.15) is 32.6 Å². The summed E-state index contributed by atoms with van der Waals surface area (Å²) in [5.41, 5.74) is 0. The summed E-state index contributed by atoms with van der Waals surface area (Å²) in [6.07, 6.45) is 3.01. The van der Waals surface area contributed by atoms with E-state index in [0.717, 1.165) is 32.6 Å². The van der Waals surface area contributed by atoms with Gasteiger partial charge in [-0.2, -0.15) is 0 Å². The van der Waals surface area contributed by atoms with Crippen molar-refractivity contribution in [3.05, 3.63) is 0 Å². The molecule has 2 amide bonds. The van der Waals surface area contributed by atoms with E-state index >= 15 is 0 Å². The smallest absolute Gasteiger partial charge is 0.317 e. The number of urea groups is 1. The van der Waals surface area contributed by atoms with Gasteiger partial charge in [-0.05, 0) is 25.8 Å². The number of hydrogen-bond acceptors (Lipinski definition) is 3. The van der Waals surface area contributed by atoms with Crippen LogP contribution in [0.15, 0.2) is 0 Å². The third kappa shape index (κ3) is 3.59. The predicted molar refractivity (Wildman–Crippen MR) is 71.0 cm³/mol. The Morgan fingerprint density at radius 2 is 2.16 bits per heavy atom. The van der Waals surface area contributed by atoms with E-state index in [2.05, 4.69) is 10.2 Å². The van der Waals surface area contributed by atoms with E-state index in [9.17, 15) is 9.59 Å². The van der Waals surface area contributed by atoms with Crippen molar-refractivity contribution < 1.29 is 14.7 Å². The molecule has 0 aromatic heterocycles. The number of piperazine rings is 1. The van der Waals surface area contributed by atoms with Gasteiger partial charge in [0.1, 0.15) is 0 Å². The largest absolute Gasteiger partial charge is 0.481 e. The van der Waals surface area contributed by atoms with Crippen LogP contribution in [-0.2, 0) is 4.79 Å². The first kappa shape index (κ1) is 14.1. The van der Waals surface area contributed by atoms with Crippen LogP contribution in [0.4, 0.5) is 4.79 Å². The first-order valence-electron chi connectivity index (χ1n) is 7.11. The molecule has 19 heavy (non-hydrogen) atoms. The molecule has 0 radical (unpaired) electrons. The molecule has 2 aliphatic rings. The summed E-state index contributed by atoms with van der Waals surface area (Å²) in [4.78, 5) is 27.1. The summed E-state index contributed by atoms with van der Waals surface area (Å²) in [5.74, 6) is -0.868. The second-order valence-corrected chi connectivity index (χ2v) is 5.43. The number of rotatable bonds is 4. The maximum atomic E-state index is 12.1. The molecule has 2 fully saturated rings. The summed E-state index contributed by atoms with van der Waals surface area (Å²) in [6.45, 7) is 5.49. The van der Waals surface area contributed by atoms with Gasteiger partial charge in [0.2, 0.25) is 0 Å².